The minimum Gasteiger partial charge on any atom is -0.492 e. The number of benzene rings is 1. The molecule has 0 bridgehead atoms. The molecule has 1 fully saturated rings. The fraction of sp³-hybridized carbons (Fsp3) is 0.417. The van der Waals surface area contributed by atoms with Gasteiger partial charge >= 0.3 is 0 Å². The summed E-state index contributed by atoms with van der Waals surface area (Å²) in [7, 11) is 1.47. The Morgan fingerprint density at radius 1 is 1.26 bits per heavy atom. The number of halogens is 2. The second kappa shape index (κ2) is 8.75. The Kier molecular flexibility index (Phi) is 5.76. The number of aryl methyl sites for hydroxylation is 1. The third-order valence-electron chi connectivity index (χ3n) is 6.75. The number of hydrogen-bond donors (Lipinski definition) is 2. The van der Waals surface area contributed by atoms with Gasteiger partial charge in [-0.3, -0.25) is 14.5 Å². The number of piperidine rings is 1. The monoisotopic (exact) mass is 469 g/mol. The average Bonchev–Trinajstić information content (AvgIpc) is 3.33. The van der Waals surface area contributed by atoms with E-state index < -0.39 is 23.2 Å². The Morgan fingerprint density at radius 2 is 2.03 bits per heavy atom. The van der Waals surface area contributed by atoms with E-state index in [1.54, 1.807) is 13.0 Å². The fourth-order valence-corrected chi connectivity index (χ4v) is 4.89. The van der Waals surface area contributed by atoms with Gasteiger partial charge in [0.15, 0.2) is 5.82 Å². The quantitative estimate of drug-likeness (QED) is 0.570. The lowest BCUT2D eigenvalue weighted by molar-refractivity contribution is 0.0957. The number of hydrogen-bond acceptors (Lipinski definition) is 6. The molecule has 10 heteroatoms. The number of likely N-dealkylation sites (tertiary alicyclic amines) is 1. The largest absolute Gasteiger partial charge is 0.492 e. The number of nitrogens with one attached hydrogen (secondary N) is 2. The molecule has 0 spiro atoms. The van der Waals surface area contributed by atoms with Crippen molar-refractivity contribution in [2.24, 2.45) is 0 Å². The SMILES string of the molecule is CNC(=O)c1ccc(C2CCN(Cc3c4c(c5nc(C)c(=O)[nH]c5c3F)CCO4)CC2)c(F)n1. The first-order chi connectivity index (χ1) is 16.4. The summed E-state index contributed by atoms with van der Waals surface area (Å²) in [6, 6.07) is 3.16. The summed E-state index contributed by atoms with van der Waals surface area (Å²) in [6.07, 6.45) is 1.96. The van der Waals surface area contributed by atoms with Gasteiger partial charge in [-0.1, -0.05) is 6.07 Å². The maximum Gasteiger partial charge on any atom is 0.269 e. The zero-order chi connectivity index (χ0) is 24.0. The van der Waals surface area contributed by atoms with Crippen molar-refractivity contribution in [1.82, 2.24) is 25.2 Å². The smallest absolute Gasteiger partial charge is 0.269 e. The molecule has 0 unspecified atom stereocenters. The van der Waals surface area contributed by atoms with Crippen LogP contribution in [0, 0.1) is 18.7 Å². The molecule has 0 saturated carbocycles. The molecular formula is C24H25F2N5O3. The van der Waals surface area contributed by atoms with Crippen LogP contribution in [0.3, 0.4) is 0 Å². The number of pyridine rings is 1. The van der Waals surface area contributed by atoms with E-state index in [4.69, 9.17) is 4.74 Å². The average molecular weight is 469 g/mol. The molecule has 4 heterocycles. The van der Waals surface area contributed by atoms with Gasteiger partial charge in [-0.2, -0.15) is 4.39 Å². The van der Waals surface area contributed by atoms with Gasteiger partial charge in [0.05, 0.1) is 12.1 Å². The lowest BCUT2D eigenvalue weighted by Crippen LogP contribution is -2.33. The van der Waals surface area contributed by atoms with Crippen molar-refractivity contribution >= 4 is 16.9 Å². The van der Waals surface area contributed by atoms with E-state index in [0.717, 1.165) is 5.56 Å². The van der Waals surface area contributed by atoms with Gasteiger partial charge in [0.1, 0.15) is 22.7 Å². The van der Waals surface area contributed by atoms with Crippen LogP contribution in [0.1, 0.15) is 51.6 Å². The second-order valence-corrected chi connectivity index (χ2v) is 8.78. The van der Waals surface area contributed by atoms with E-state index in [-0.39, 0.29) is 17.1 Å². The van der Waals surface area contributed by atoms with Crippen molar-refractivity contribution in [3.8, 4) is 5.75 Å². The van der Waals surface area contributed by atoms with Crippen LogP contribution in [0.2, 0.25) is 0 Å². The zero-order valence-corrected chi connectivity index (χ0v) is 19.0. The molecule has 2 aromatic heterocycles. The molecule has 2 aliphatic rings. The Labute approximate surface area is 194 Å². The van der Waals surface area contributed by atoms with Crippen molar-refractivity contribution in [3.63, 3.8) is 0 Å². The first kappa shape index (κ1) is 22.4. The Hall–Kier alpha value is -3.40. The number of H-pyrrole nitrogens is 1. The molecule has 5 rings (SSSR count). The summed E-state index contributed by atoms with van der Waals surface area (Å²) in [4.78, 5) is 36.6. The standard InChI is InChI=1S/C24H25F2N5O3/c1-12-23(32)30-20-18(25)16(21-15(7-10-34-21)19(20)28-12)11-31-8-5-13(6-9-31)14-3-4-17(24(33)27-2)29-22(14)26/h3-4,13H,5-11H2,1-2H3,(H,27,33)(H,30,32). The third kappa shape index (κ3) is 3.81. The van der Waals surface area contributed by atoms with Crippen LogP contribution >= 0.6 is 0 Å². The number of aromatic nitrogens is 3. The molecule has 1 amide bonds. The molecule has 0 atom stereocenters. The Morgan fingerprint density at radius 3 is 2.74 bits per heavy atom. The molecular weight excluding hydrogens is 444 g/mol. The lowest BCUT2D eigenvalue weighted by Gasteiger charge is -2.32. The molecule has 3 aromatic rings. The van der Waals surface area contributed by atoms with Crippen LogP contribution in [0.5, 0.6) is 5.75 Å². The number of nitrogens with zero attached hydrogens (tertiary/aromatic N) is 3. The van der Waals surface area contributed by atoms with Gasteiger partial charge in [-0.05, 0) is 44.8 Å². The molecule has 1 saturated heterocycles. The summed E-state index contributed by atoms with van der Waals surface area (Å²) >= 11 is 0. The maximum absolute atomic E-state index is 15.5. The van der Waals surface area contributed by atoms with Crippen LogP contribution < -0.4 is 15.6 Å². The minimum atomic E-state index is -0.627. The van der Waals surface area contributed by atoms with Crippen LogP contribution in [-0.2, 0) is 13.0 Å². The van der Waals surface area contributed by atoms with Crippen molar-refractivity contribution in [1.29, 1.82) is 0 Å². The lowest BCUT2D eigenvalue weighted by atomic mass is 9.89. The Bertz CT molecular complexity index is 1350. The van der Waals surface area contributed by atoms with Crippen molar-refractivity contribution in [2.45, 2.75) is 38.6 Å². The summed E-state index contributed by atoms with van der Waals surface area (Å²) in [6.45, 7) is 3.64. The highest BCUT2D eigenvalue weighted by Gasteiger charge is 2.30. The summed E-state index contributed by atoms with van der Waals surface area (Å²) in [5.74, 6) is -1.08. The van der Waals surface area contributed by atoms with E-state index in [1.807, 2.05) is 0 Å². The highest BCUT2D eigenvalue weighted by atomic mass is 19.1. The van der Waals surface area contributed by atoms with E-state index >= 15 is 4.39 Å². The predicted octanol–water partition coefficient (Wildman–Crippen LogP) is 2.58. The van der Waals surface area contributed by atoms with Gasteiger partial charge in [-0.25, -0.2) is 14.4 Å². The van der Waals surface area contributed by atoms with Gasteiger partial charge < -0.3 is 15.0 Å². The highest BCUT2D eigenvalue weighted by molar-refractivity contribution is 5.92. The van der Waals surface area contributed by atoms with E-state index in [9.17, 15) is 14.0 Å². The van der Waals surface area contributed by atoms with E-state index in [0.29, 0.717) is 73.6 Å². The second-order valence-electron chi connectivity index (χ2n) is 8.78. The van der Waals surface area contributed by atoms with Crippen LogP contribution in [0.25, 0.3) is 11.0 Å². The molecule has 0 aliphatic carbocycles. The zero-order valence-electron chi connectivity index (χ0n) is 19.0. The highest BCUT2D eigenvalue weighted by Crippen LogP contribution is 2.39. The first-order valence-corrected chi connectivity index (χ1v) is 11.3. The van der Waals surface area contributed by atoms with Gasteiger partial charge in [0, 0.05) is 36.7 Å². The van der Waals surface area contributed by atoms with Crippen LogP contribution in [0.15, 0.2) is 16.9 Å². The topological polar surface area (TPSA) is 100 Å². The number of ether oxygens (including phenoxy) is 1. The number of fused-ring (bicyclic) bond motifs is 3. The third-order valence-corrected chi connectivity index (χ3v) is 6.75. The van der Waals surface area contributed by atoms with E-state index in [2.05, 4.69) is 25.2 Å². The Balaban J connectivity index is 1.36. The minimum absolute atomic E-state index is 0.0329. The maximum atomic E-state index is 15.5. The fourth-order valence-electron chi connectivity index (χ4n) is 4.89. The number of carbonyl (C=O) groups is 1. The number of carbonyl (C=O) groups excluding carboxylic acids is 1. The van der Waals surface area contributed by atoms with Gasteiger partial charge in [0.2, 0.25) is 5.95 Å². The molecule has 8 nitrogen and oxygen atoms in total. The van der Waals surface area contributed by atoms with Crippen molar-refractivity contribution in [2.75, 3.05) is 26.7 Å². The van der Waals surface area contributed by atoms with Gasteiger partial charge in [-0.15, -0.1) is 0 Å². The van der Waals surface area contributed by atoms with Crippen molar-refractivity contribution in [3.05, 3.63) is 62.3 Å². The summed E-state index contributed by atoms with van der Waals surface area (Å²) in [5.41, 5.74) is 2.24. The predicted molar refractivity (Wildman–Crippen MR) is 121 cm³/mol. The van der Waals surface area contributed by atoms with Gasteiger partial charge in [0.25, 0.3) is 11.5 Å². The first-order valence-electron chi connectivity index (χ1n) is 11.3. The van der Waals surface area contributed by atoms with Crippen LogP contribution in [-0.4, -0.2) is 52.5 Å². The number of rotatable bonds is 4. The van der Waals surface area contributed by atoms with Crippen LogP contribution in [0.4, 0.5) is 8.78 Å². The molecule has 2 N–H and O–H groups in total. The molecule has 0 radical (unpaired) electrons. The molecule has 2 aliphatic heterocycles. The number of amides is 1. The van der Waals surface area contributed by atoms with E-state index in [1.165, 1.54) is 13.1 Å². The summed E-state index contributed by atoms with van der Waals surface area (Å²) in [5, 5.41) is 2.44. The number of aromatic amines is 1. The molecule has 34 heavy (non-hydrogen) atoms. The van der Waals surface area contributed by atoms with Crippen molar-refractivity contribution < 1.29 is 18.3 Å². The molecule has 1 aromatic carbocycles. The normalized spacial score (nSPS) is 16.5. The summed E-state index contributed by atoms with van der Waals surface area (Å²) < 4.78 is 35.9. The molecule has 178 valence electrons.